The van der Waals surface area contributed by atoms with Gasteiger partial charge in [-0.3, -0.25) is 14.6 Å². The number of anilines is 1. The first-order valence-electron chi connectivity index (χ1n) is 6.18. The molecule has 1 aliphatic rings. The highest BCUT2D eigenvalue weighted by atomic mass is 16.5. The third-order valence-electron chi connectivity index (χ3n) is 3.08. The summed E-state index contributed by atoms with van der Waals surface area (Å²) in [6.07, 6.45) is 3.48. The Morgan fingerprint density at radius 1 is 1.63 bits per heavy atom. The van der Waals surface area contributed by atoms with Crippen LogP contribution >= 0.6 is 0 Å². The van der Waals surface area contributed by atoms with E-state index < -0.39 is 0 Å². The van der Waals surface area contributed by atoms with Crippen LogP contribution in [-0.2, 0) is 14.3 Å². The normalized spacial score (nSPS) is 18.7. The van der Waals surface area contributed by atoms with E-state index in [0.29, 0.717) is 25.4 Å². The zero-order chi connectivity index (χ0) is 13.7. The summed E-state index contributed by atoms with van der Waals surface area (Å²) in [5, 5.41) is 2.77. The molecule has 0 aromatic carbocycles. The van der Waals surface area contributed by atoms with Crippen molar-refractivity contribution >= 4 is 17.5 Å². The van der Waals surface area contributed by atoms with Crippen LogP contribution in [0.2, 0.25) is 0 Å². The van der Waals surface area contributed by atoms with Gasteiger partial charge in [-0.1, -0.05) is 0 Å². The first kappa shape index (κ1) is 13.5. The van der Waals surface area contributed by atoms with Gasteiger partial charge >= 0.3 is 0 Å². The Kier molecular flexibility index (Phi) is 4.46. The minimum Gasteiger partial charge on any atom is -0.383 e. The lowest BCUT2D eigenvalue weighted by atomic mass is 10.1. The van der Waals surface area contributed by atoms with Crippen molar-refractivity contribution in [3.8, 4) is 0 Å². The number of hydrogen-bond donors (Lipinski definition) is 1. The number of hydrogen-bond acceptors (Lipinski definition) is 4. The molecule has 1 N–H and O–H groups in total. The molecule has 2 rings (SSSR count). The number of nitrogens with one attached hydrogen (secondary N) is 1. The maximum absolute atomic E-state index is 12.0. The van der Waals surface area contributed by atoms with Crippen LogP contribution in [0.15, 0.2) is 24.5 Å². The largest absolute Gasteiger partial charge is 0.383 e. The fraction of sp³-hybridized carbons (Fsp3) is 0.462. The summed E-state index contributed by atoms with van der Waals surface area (Å²) in [6.45, 7) is 1.48. The van der Waals surface area contributed by atoms with Crippen molar-refractivity contribution in [3.05, 3.63) is 24.5 Å². The second-order valence-electron chi connectivity index (χ2n) is 4.46. The molecule has 0 unspecified atom stereocenters. The van der Waals surface area contributed by atoms with Crippen LogP contribution in [0, 0.1) is 5.92 Å². The summed E-state index contributed by atoms with van der Waals surface area (Å²) in [5.41, 5.74) is 0.648. The van der Waals surface area contributed by atoms with Gasteiger partial charge in [-0.15, -0.1) is 0 Å². The summed E-state index contributed by atoms with van der Waals surface area (Å²) in [6, 6.07) is 3.52. The molecule has 0 aliphatic carbocycles. The van der Waals surface area contributed by atoms with Crippen LogP contribution in [0.4, 0.5) is 5.69 Å². The molecule has 2 amide bonds. The first-order valence-corrected chi connectivity index (χ1v) is 6.18. The zero-order valence-electron chi connectivity index (χ0n) is 10.8. The smallest absolute Gasteiger partial charge is 0.229 e. The molecule has 6 nitrogen and oxygen atoms in total. The molecule has 1 aromatic rings. The van der Waals surface area contributed by atoms with Crippen molar-refractivity contribution in [2.45, 2.75) is 6.42 Å². The predicted molar refractivity (Wildman–Crippen MR) is 69.4 cm³/mol. The number of rotatable bonds is 5. The second-order valence-corrected chi connectivity index (χ2v) is 4.46. The molecule has 0 bridgehead atoms. The number of pyridine rings is 1. The van der Waals surface area contributed by atoms with E-state index in [2.05, 4.69) is 10.3 Å². The van der Waals surface area contributed by atoms with E-state index in [1.165, 1.54) is 0 Å². The van der Waals surface area contributed by atoms with Gasteiger partial charge in [0.05, 0.1) is 24.4 Å². The minimum absolute atomic E-state index is 0.00314. The molecule has 0 saturated carbocycles. The van der Waals surface area contributed by atoms with E-state index >= 15 is 0 Å². The van der Waals surface area contributed by atoms with Crippen molar-refractivity contribution in [2.24, 2.45) is 5.92 Å². The minimum atomic E-state index is -0.301. The summed E-state index contributed by atoms with van der Waals surface area (Å²) in [5.74, 6) is -0.436. The molecule has 19 heavy (non-hydrogen) atoms. The Morgan fingerprint density at radius 2 is 2.47 bits per heavy atom. The Balaban J connectivity index is 1.89. The van der Waals surface area contributed by atoms with Gasteiger partial charge in [0, 0.05) is 32.8 Å². The SMILES string of the molecule is COCCN1C[C@H](C(=O)Nc2cccnc2)CC1=O. The van der Waals surface area contributed by atoms with Gasteiger partial charge in [0.2, 0.25) is 11.8 Å². The molecule has 1 aromatic heterocycles. The zero-order valence-corrected chi connectivity index (χ0v) is 10.8. The van der Waals surface area contributed by atoms with E-state index in [1.807, 2.05) is 0 Å². The molecular weight excluding hydrogens is 246 g/mol. The number of ether oxygens (including phenoxy) is 1. The number of methoxy groups -OCH3 is 1. The summed E-state index contributed by atoms with van der Waals surface area (Å²) in [4.78, 5) is 29.3. The number of amides is 2. The molecule has 1 aliphatic heterocycles. The Labute approximate surface area is 111 Å². The van der Waals surface area contributed by atoms with Crippen molar-refractivity contribution in [2.75, 3.05) is 32.1 Å². The Bertz CT molecular complexity index is 450. The van der Waals surface area contributed by atoms with Gasteiger partial charge < -0.3 is 15.0 Å². The Hall–Kier alpha value is -1.95. The van der Waals surface area contributed by atoms with Crippen molar-refractivity contribution < 1.29 is 14.3 Å². The van der Waals surface area contributed by atoms with Gasteiger partial charge in [-0.2, -0.15) is 0 Å². The average Bonchev–Trinajstić information content (AvgIpc) is 2.79. The van der Waals surface area contributed by atoms with E-state index in [4.69, 9.17) is 4.74 Å². The molecule has 1 fully saturated rings. The van der Waals surface area contributed by atoms with Gasteiger partial charge in [0.1, 0.15) is 0 Å². The molecule has 102 valence electrons. The lowest BCUT2D eigenvalue weighted by Crippen LogP contribution is -2.30. The highest BCUT2D eigenvalue weighted by Gasteiger charge is 2.33. The number of likely N-dealkylation sites (tertiary alicyclic amines) is 1. The lowest BCUT2D eigenvalue weighted by Gasteiger charge is -2.15. The molecule has 0 spiro atoms. The molecule has 6 heteroatoms. The van der Waals surface area contributed by atoms with Crippen LogP contribution in [0.5, 0.6) is 0 Å². The standard InChI is InChI=1S/C13H17N3O3/c1-19-6-5-16-9-10(7-12(16)17)13(18)15-11-3-2-4-14-8-11/h2-4,8,10H,5-7,9H2,1H3,(H,15,18)/t10-/m1/s1. The summed E-state index contributed by atoms with van der Waals surface area (Å²) >= 11 is 0. The second kappa shape index (κ2) is 6.29. The number of carbonyl (C=O) groups is 2. The average molecular weight is 263 g/mol. The van der Waals surface area contributed by atoms with E-state index in [0.717, 1.165) is 0 Å². The third kappa shape index (κ3) is 3.51. The molecule has 0 radical (unpaired) electrons. The molecule has 1 saturated heterocycles. The van der Waals surface area contributed by atoms with Crippen molar-refractivity contribution in [1.29, 1.82) is 0 Å². The maximum Gasteiger partial charge on any atom is 0.229 e. The van der Waals surface area contributed by atoms with Gasteiger partial charge in [-0.25, -0.2) is 0 Å². The number of carbonyl (C=O) groups excluding carboxylic acids is 2. The van der Waals surface area contributed by atoms with Gasteiger partial charge in [-0.05, 0) is 12.1 Å². The first-order chi connectivity index (χ1) is 9.20. The summed E-state index contributed by atoms with van der Waals surface area (Å²) < 4.78 is 4.94. The quantitative estimate of drug-likeness (QED) is 0.840. The van der Waals surface area contributed by atoms with Crippen molar-refractivity contribution in [3.63, 3.8) is 0 Å². The van der Waals surface area contributed by atoms with Crippen LogP contribution in [0.25, 0.3) is 0 Å². The lowest BCUT2D eigenvalue weighted by molar-refractivity contribution is -0.128. The van der Waals surface area contributed by atoms with E-state index in [9.17, 15) is 9.59 Å². The summed E-state index contributed by atoms with van der Waals surface area (Å²) in [7, 11) is 1.59. The third-order valence-corrected chi connectivity index (χ3v) is 3.08. The number of nitrogens with zero attached hydrogens (tertiary/aromatic N) is 2. The fourth-order valence-corrected chi connectivity index (χ4v) is 2.05. The maximum atomic E-state index is 12.0. The van der Waals surface area contributed by atoms with Crippen LogP contribution in [0.3, 0.4) is 0 Å². The van der Waals surface area contributed by atoms with Crippen LogP contribution in [0.1, 0.15) is 6.42 Å². The topological polar surface area (TPSA) is 71.5 Å². The molecular formula is C13H17N3O3. The van der Waals surface area contributed by atoms with Crippen LogP contribution in [-0.4, -0.2) is 48.5 Å². The van der Waals surface area contributed by atoms with Gasteiger partial charge in [0.15, 0.2) is 0 Å². The fourth-order valence-electron chi connectivity index (χ4n) is 2.05. The molecule has 2 heterocycles. The van der Waals surface area contributed by atoms with Gasteiger partial charge in [0.25, 0.3) is 0 Å². The van der Waals surface area contributed by atoms with Crippen molar-refractivity contribution in [1.82, 2.24) is 9.88 Å². The molecule has 1 atom stereocenters. The highest BCUT2D eigenvalue weighted by molar-refractivity contribution is 5.97. The monoisotopic (exact) mass is 263 g/mol. The predicted octanol–water partition coefficient (Wildman–Crippen LogP) is 0.515. The number of aromatic nitrogens is 1. The van der Waals surface area contributed by atoms with E-state index in [-0.39, 0.29) is 24.2 Å². The highest BCUT2D eigenvalue weighted by Crippen LogP contribution is 2.19. The van der Waals surface area contributed by atoms with Crippen LogP contribution < -0.4 is 5.32 Å². The van der Waals surface area contributed by atoms with E-state index in [1.54, 1.807) is 36.5 Å². The Morgan fingerprint density at radius 3 is 3.16 bits per heavy atom.